The highest BCUT2D eigenvalue weighted by Crippen LogP contribution is 2.46. The van der Waals surface area contributed by atoms with Gasteiger partial charge in [-0.05, 0) is 69.5 Å². The Labute approximate surface area is 311 Å². The van der Waals surface area contributed by atoms with Gasteiger partial charge >= 0.3 is 7.60 Å². The summed E-state index contributed by atoms with van der Waals surface area (Å²) in [6.45, 7) is 9.77. The first-order valence-corrected chi connectivity index (χ1v) is 19.8. The summed E-state index contributed by atoms with van der Waals surface area (Å²) >= 11 is 0. The zero-order valence-corrected chi connectivity index (χ0v) is 32.2. The number of hydrogen-bond donors (Lipinski definition) is 3. The van der Waals surface area contributed by atoms with Crippen molar-refractivity contribution in [1.29, 1.82) is 0 Å². The second-order valence-corrected chi connectivity index (χ2v) is 14.0. The smallest absolute Gasteiger partial charge is 0.349 e. The molecule has 0 saturated carbocycles. The van der Waals surface area contributed by atoms with Crippen molar-refractivity contribution in [2.45, 2.75) is 79.4 Å². The van der Waals surface area contributed by atoms with Crippen LogP contribution in [0.3, 0.4) is 0 Å². The molecule has 0 aliphatic rings. The number of hydroxylamine groups is 2. The molecule has 0 fully saturated rings. The third-order valence-corrected chi connectivity index (χ3v) is 10.0. The number of nitrogens with zero attached hydrogens (tertiary/aromatic N) is 1. The molecule has 1 aromatic heterocycles. The lowest BCUT2D eigenvalue weighted by atomic mass is 9.90. The molecule has 2 atom stereocenters. The third kappa shape index (κ3) is 13.5. The monoisotopic (exact) mass is 756 g/mol. The number of unbranched alkanes of at least 4 members (excludes halogenated alkanes) is 2. The average molecular weight is 757 g/mol. The van der Waals surface area contributed by atoms with Crippen LogP contribution in [-0.4, -0.2) is 68.0 Å². The predicted molar refractivity (Wildman–Crippen MR) is 200 cm³/mol. The molecular weight excluding hydrogens is 703 g/mol. The molecule has 0 aliphatic heterocycles. The zero-order valence-electron chi connectivity index (χ0n) is 31.3. The standard InChI is InChI=1S/C38H53N4O10P/c1-6-11-13-18-32(33(7-2)42(27-43)49-24-28-16-14-12-15-17-28)37(45)39-25-40-38(46)35-20-19-34(52-35)29-21-30(23-31(22-29)48-8-3)36(44)41-26-53(47,50-9-4)51-10-5/h12,14-17,19-23,27,32-33H,6-11,13,18,24-26H2,1-5H3,(H,39,45)(H,40,46)(H,41,44)/t32-,33-/m1/s1. The van der Waals surface area contributed by atoms with Crippen molar-refractivity contribution in [2.75, 3.05) is 32.8 Å². The van der Waals surface area contributed by atoms with E-state index in [1.54, 1.807) is 39.0 Å². The summed E-state index contributed by atoms with van der Waals surface area (Å²) in [7, 11) is -3.52. The van der Waals surface area contributed by atoms with Crippen molar-refractivity contribution >= 4 is 31.7 Å². The second kappa shape index (κ2) is 22.5. The van der Waals surface area contributed by atoms with Crippen molar-refractivity contribution < 1.29 is 46.8 Å². The molecule has 4 amide bonds. The van der Waals surface area contributed by atoms with Gasteiger partial charge in [0, 0.05) is 11.1 Å². The van der Waals surface area contributed by atoms with Gasteiger partial charge in [-0.15, -0.1) is 0 Å². The first kappa shape index (κ1) is 42.9. The number of benzene rings is 2. The molecular formula is C38H53N4O10P. The van der Waals surface area contributed by atoms with E-state index in [4.69, 9.17) is 23.0 Å². The molecule has 3 N–H and O–H groups in total. The Morgan fingerprint density at radius 3 is 2.25 bits per heavy atom. The Kier molecular flexibility index (Phi) is 18.3. The maximum absolute atomic E-state index is 13.5. The number of carbonyl (C=O) groups is 4. The number of nitrogens with one attached hydrogen (secondary N) is 3. The third-order valence-electron chi connectivity index (χ3n) is 8.18. The topological polar surface area (TPSA) is 175 Å². The van der Waals surface area contributed by atoms with E-state index in [9.17, 15) is 23.7 Å². The SMILES string of the molecule is CCCCC[C@@H](C(=O)NCNC(=O)c1ccc(-c2cc(OCC)cc(C(=O)NCP(=O)(OCC)OCC)c2)o1)[C@@H](CC)N(C=O)OCc1ccccc1. The van der Waals surface area contributed by atoms with E-state index < -0.39 is 31.4 Å². The summed E-state index contributed by atoms with van der Waals surface area (Å²) in [6.07, 6.45) is 3.97. The molecule has 15 heteroatoms. The molecule has 0 unspecified atom stereocenters. The Balaban J connectivity index is 1.68. The predicted octanol–water partition coefficient (Wildman–Crippen LogP) is 6.67. The number of amides is 4. The minimum atomic E-state index is -3.52. The van der Waals surface area contributed by atoms with Gasteiger partial charge in [-0.3, -0.25) is 28.6 Å². The fraction of sp³-hybridized carbons (Fsp3) is 0.474. The van der Waals surface area contributed by atoms with Crippen LogP contribution in [0.2, 0.25) is 0 Å². The van der Waals surface area contributed by atoms with Crippen LogP contribution < -0.4 is 20.7 Å². The van der Waals surface area contributed by atoms with Gasteiger partial charge in [0.25, 0.3) is 11.8 Å². The number of carbonyl (C=O) groups excluding carboxylic acids is 4. The summed E-state index contributed by atoms with van der Waals surface area (Å²) < 4.78 is 34.9. The number of rotatable bonds is 25. The maximum atomic E-state index is 13.5. The summed E-state index contributed by atoms with van der Waals surface area (Å²) in [5.41, 5.74) is 1.55. The summed E-state index contributed by atoms with van der Waals surface area (Å²) in [5.74, 6) is -1.36. The van der Waals surface area contributed by atoms with Crippen LogP contribution in [0, 0.1) is 5.92 Å². The van der Waals surface area contributed by atoms with Crippen molar-refractivity contribution in [3.05, 3.63) is 77.6 Å². The Morgan fingerprint density at radius 1 is 0.868 bits per heavy atom. The molecule has 0 bridgehead atoms. The minimum absolute atomic E-state index is 0.0243. The Hall–Kier alpha value is -4.49. The van der Waals surface area contributed by atoms with Gasteiger partial charge in [0.1, 0.15) is 24.4 Å². The largest absolute Gasteiger partial charge is 0.494 e. The molecule has 14 nitrogen and oxygen atoms in total. The van der Waals surface area contributed by atoms with Gasteiger partial charge in [-0.25, -0.2) is 5.06 Å². The Morgan fingerprint density at radius 2 is 1.60 bits per heavy atom. The lowest BCUT2D eigenvalue weighted by molar-refractivity contribution is -0.200. The molecule has 0 radical (unpaired) electrons. The summed E-state index contributed by atoms with van der Waals surface area (Å²) in [4.78, 5) is 57.7. The quantitative estimate of drug-likeness (QED) is 0.0279. The van der Waals surface area contributed by atoms with Crippen LogP contribution in [0.4, 0.5) is 0 Å². The van der Waals surface area contributed by atoms with Crippen molar-refractivity contribution in [2.24, 2.45) is 5.92 Å². The molecule has 2 aromatic carbocycles. The van der Waals surface area contributed by atoms with E-state index in [1.165, 1.54) is 17.2 Å². The lowest BCUT2D eigenvalue weighted by Crippen LogP contribution is -2.48. The normalized spacial score (nSPS) is 12.4. The lowest BCUT2D eigenvalue weighted by Gasteiger charge is -2.32. The van der Waals surface area contributed by atoms with Crippen LogP contribution >= 0.6 is 7.60 Å². The maximum Gasteiger partial charge on any atom is 0.349 e. The molecule has 53 heavy (non-hydrogen) atoms. The average Bonchev–Trinajstić information content (AvgIpc) is 3.66. The van der Waals surface area contributed by atoms with Gasteiger partial charge in [0.15, 0.2) is 5.76 Å². The van der Waals surface area contributed by atoms with E-state index in [0.29, 0.717) is 37.2 Å². The van der Waals surface area contributed by atoms with Crippen LogP contribution in [0.5, 0.6) is 5.75 Å². The van der Waals surface area contributed by atoms with Crippen LogP contribution in [0.1, 0.15) is 93.2 Å². The van der Waals surface area contributed by atoms with Gasteiger partial charge in [-0.2, -0.15) is 0 Å². The fourth-order valence-electron chi connectivity index (χ4n) is 5.64. The van der Waals surface area contributed by atoms with Crippen molar-refractivity contribution in [3.8, 4) is 17.1 Å². The van der Waals surface area contributed by atoms with E-state index >= 15 is 0 Å². The van der Waals surface area contributed by atoms with E-state index in [-0.39, 0.29) is 55.8 Å². The molecule has 3 aromatic rings. The number of furan rings is 1. The summed E-state index contributed by atoms with van der Waals surface area (Å²) in [5, 5.41) is 9.27. The van der Waals surface area contributed by atoms with E-state index in [1.807, 2.05) is 37.3 Å². The molecule has 290 valence electrons. The number of hydrogen-bond acceptors (Lipinski definition) is 10. The second-order valence-electron chi connectivity index (χ2n) is 12.0. The molecule has 0 aliphatic carbocycles. The molecule has 0 spiro atoms. The van der Waals surface area contributed by atoms with E-state index in [2.05, 4.69) is 22.9 Å². The van der Waals surface area contributed by atoms with Crippen LogP contribution in [0.25, 0.3) is 11.3 Å². The first-order chi connectivity index (χ1) is 25.6. The van der Waals surface area contributed by atoms with Gasteiger partial charge in [0.2, 0.25) is 12.3 Å². The number of ether oxygens (including phenoxy) is 1. The zero-order chi connectivity index (χ0) is 38.6. The Bertz CT molecular complexity index is 1640. The van der Waals surface area contributed by atoms with Gasteiger partial charge in [-0.1, -0.05) is 63.4 Å². The highest BCUT2D eigenvalue weighted by atomic mass is 31.2. The van der Waals surface area contributed by atoms with Crippen LogP contribution in [-0.2, 0) is 34.6 Å². The van der Waals surface area contributed by atoms with Gasteiger partial charge in [0.05, 0.1) is 38.4 Å². The molecule has 0 saturated heterocycles. The first-order valence-electron chi connectivity index (χ1n) is 18.1. The van der Waals surface area contributed by atoms with Crippen LogP contribution in [0.15, 0.2) is 65.1 Å². The minimum Gasteiger partial charge on any atom is -0.494 e. The molecule has 3 rings (SSSR count). The van der Waals surface area contributed by atoms with E-state index in [0.717, 1.165) is 24.8 Å². The highest BCUT2D eigenvalue weighted by Gasteiger charge is 2.32. The van der Waals surface area contributed by atoms with Crippen molar-refractivity contribution in [3.63, 3.8) is 0 Å². The summed E-state index contributed by atoms with van der Waals surface area (Å²) in [6, 6.07) is 16.7. The fourth-order valence-corrected chi connectivity index (χ4v) is 7.02. The molecule has 1 heterocycles. The van der Waals surface area contributed by atoms with Crippen molar-refractivity contribution in [1.82, 2.24) is 21.0 Å². The highest BCUT2D eigenvalue weighted by molar-refractivity contribution is 7.53. The van der Waals surface area contributed by atoms with Gasteiger partial charge < -0.3 is 34.2 Å².